The first kappa shape index (κ1) is 21.4. The van der Waals surface area contributed by atoms with Gasteiger partial charge in [-0.3, -0.25) is 0 Å². The second kappa shape index (κ2) is 9.12. The highest BCUT2D eigenvalue weighted by molar-refractivity contribution is 6.36. The summed E-state index contributed by atoms with van der Waals surface area (Å²) in [6, 6.07) is 15.1. The molecule has 1 aromatic heterocycles. The Labute approximate surface area is 191 Å². The maximum atomic E-state index is 12.7. The van der Waals surface area contributed by atoms with Crippen LogP contribution in [0.3, 0.4) is 0 Å². The Morgan fingerprint density at radius 3 is 2.39 bits per heavy atom. The lowest BCUT2D eigenvalue weighted by Crippen LogP contribution is -2.50. The van der Waals surface area contributed by atoms with Gasteiger partial charge in [0.2, 0.25) is 0 Å². The summed E-state index contributed by atoms with van der Waals surface area (Å²) in [6.45, 7) is 6.62. The Bertz CT molecular complexity index is 1100. The molecule has 0 radical (unpaired) electrons. The maximum Gasteiger partial charge on any atom is 0.321 e. The standard InChI is InChI=1S/C23H23Cl2N5O/c1-15-3-4-16(2)21(13-15)26-23(31)30-11-9-29(10-12-30)22-8-7-20(27-28-22)18-6-5-17(24)14-19(18)25/h3-8,13-14H,9-12H2,1-2H3,(H,26,31). The molecule has 4 rings (SSSR count). The number of aromatic nitrogens is 2. The molecule has 6 nitrogen and oxygen atoms in total. The van der Waals surface area contributed by atoms with Crippen molar-refractivity contribution in [3.05, 3.63) is 69.7 Å². The van der Waals surface area contributed by atoms with Gasteiger partial charge in [-0.1, -0.05) is 35.3 Å². The summed E-state index contributed by atoms with van der Waals surface area (Å²) >= 11 is 12.2. The normalized spacial score (nSPS) is 13.9. The highest BCUT2D eigenvalue weighted by atomic mass is 35.5. The number of aryl methyl sites for hydroxylation is 2. The third kappa shape index (κ3) is 4.92. The van der Waals surface area contributed by atoms with Crippen LogP contribution in [0, 0.1) is 13.8 Å². The van der Waals surface area contributed by atoms with Crippen molar-refractivity contribution in [2.45, 2.75) is 13.8 Å². The van der Waals surface area contributed by atoms with Crippen LogP contribution in [-0.2, 0) is 0 Å². The van der Waals surface area contributed by atoms with E-state index in [1.165, 1.54) is 0 Å². The molecule has 0 aliphatic carbocycles. The van der Waals surface area contributed by atoms with Crippen molar-refractivity contribution in [2.24, 2.45) is 0 Å². The Balaban J connectivity index is 1.37. The van der Waals surface area contributed by atoms with E-state index in [9.17, 15) is 4.79 Å². The molecule has 0 saturated carbocycles. The molecule has 0 spiro atoms. The zero-order chi connectivity index (χ0) is 22.0. The molecule has 0 unspecified atom stereocenters. The number of amides is 2. The number of carbonyl (C=O) groups is 1. The number of rotatable bonds is 3. The van der Waals surface area contributed by atoms with Gasteiger partial charge < -0.3 is 15.1 Å². The van der Waals surface area contributed by atoms with Gasteiger partial charge in [0.1, 0.15) is 0 Å². The lowest BCUT2D eigenvalue weighted by Gasteiger charge is -2.35. The first-order valence-corrected chi connectivity index (χ1v) is 10.8. The van der Waals surface area contributed by atoms with Gasteiger partial charge in [0.05, 0.1) is 10.7 Å². The summed E-state index contributed by atoms with van der Waals surface area (Å²) in [6.07, 6.45) is 0. The molecule has 3 aromatic rings. The van der Waals surface area contributed by atoms with E-state index in [1.807, 2.05) is 55.1 Å². The van der Waals surface area contributed by atoms with Gasteiger partial charge in [-0.25, -0.2) is 4.79 Å². The number of carbonyl (C=O) groups excluding carboxylic acids is 1. The molecule has 0 bridgehead atoms. The molecule has 160 valence electrons. The lowest BCUT2D eigenvalue weighted by molar-refractivity contribution is 0.208. The molecule has 2 heterocycles. The van der Waals surface area contributed by atoms with Crippen LogP contribution < -0.4 is 10.2 Å². The molecule has 31 heavy (non-hydrogen) atoms. The van der Waals surface area contributed by atoms with E-state index in [1.54, 1.807) is 12.1 Å². The average Bonchev–Trinajstić information content (AvgIpc) is 2.77. The van der Waals surface area contributed by atoms with E-state index in [0.29, 0.717) is 41.9 Å². The number of urea groups is 1. The molecule has 2 amide bonds. The van der Waals surface area contributed by atoms with Crippen molar-refractivity contribution in [3.63, 3.8) is 0 Å². The minimum absolute atomic E-state index is 0.0767. The van der Waals surface area contributed by atoms with Crippen LogP contribution in [0.2, 0.25) is 10.0 Å². The van der Waals surface area contributed by atoms with Crippen molar-refractivity contribution in [3.8, 4) is 11.3 Å². The van der Waals surface area contributed by atoms with E-state index in [4.69, 9.17) is 23.2 Å². The predicted molar refractivity (Wildman–Crippen MR) is 126 cm³/mol. The van der Waals surface area contributed by atoms with Gasteiger partial charge in [0.25, 0.3) is 0 Å². The van der Waals surface area contributed by atoms with E-state index in [0.717, 1.165) is 28.2 Å². The molecule has 1 aliphatic heterocycles. The first-order chi connectivity index (χ1) is 14.9. The monoisotopic (exact) mass is 455 g/mol. The molecule has 1 aliphatic rings. The number of hydrogen-bond acceptors (Lipinski definition) is 4. The number of halogens is 2. The molecule has 0 atom stereocenters. The van der Waals surface area contributed by atoms with Crippen molar-refractivity contribution in [2.75, 3.05) is 36.4 Å². The van der Waals surface area contributed by atoms with Crippen LogP contribution >= 0.6 is 23.2 Å². The minimum atomic E-state index is -0.0767. The fourth-order valence-electron chi connectivity index (χ4n) is 3.54. The quantitative estimate of drug-likeness (QED) is 0.572. The Hall–Kier alpha value is -2.83. The van der Waals surface area contributed by atoms with Gasteiger partial charge in [0.15, 0.2) is 5.82 Å². The Morgan fingerprint density at radius 1 is 0.935 bits per heavy atom. The molecule has 8 heteroatoms. The molecule has 1 fully saturated rings. The second-order valence-electron chi connectivity index (χ2n) is 7.62. The lowest BCUT2D eigenvalue weighted by atomic mass is 10.1. The van der Waals surface area contributed by atoms with Crippen LogP contribution in [0.5, 0.6) is 0 Å². The van der Waals surface area contributed by atoms with Gasteiger partial charge in [-0.15, -0.1) is 10.2 Å². The second-order valence-corrected chi connectivity index (χ2v) is 8.47. The largest absolute Gasteiger partial charge is 0.352 e. The number of anilines is 2. The first-order valence-electron chi connectivity index (χ1n) is 10.1. The zero-order valence-electron chi connectivity index (χ0n) is 17.4. The van der Waals surface area contributed by atoms with Crippen molar-refractivity contribution in [1.82, 2.24) is 15.1 Å². The average molecular weight is 456 g/mol. The maximum absolute atomic E-state index is 12.7. The molecule has 1 N–H and O–H groups in total. The summed E-state index contributed by atoms with van der Waals surface area (Å²) in [5.74, 6) is 0.781. The highest BCUT2D eigenvalue weighted by Gasteiger charge is 2.22. The molecule has 2 aromatic carbocycles. The summed E-state index contributed by atoms with van der Waals surface area (Å²) in [5.41, 5.74) is 4.51. The van der Waals surface area contributed by atoms with E-state index in [2.05, 4.69) is 20.4 Å². The van der Waals surface area contributed by atoms with Crippen LogP contribution in [0.15, 0.2) is 48.5 Å². The van der Waals surface area contributed by atoms with Crippen LogP contribution in [0.1, 0.15) is 11.1 Å². The number of piperazine rings is 1. The molecule has 1 saturated heterocycles. The number of benzene rings is 2. The number of hydrogen-bond donors (Lipinski definition) is 1. The Morgan fingerprint density at radius 2 is 1.71 bits per heavy atom. The number of nitrogens with zero attached hydrogens (tertiary/aromatic N) is 4. The van der Waals surface area contributed by atoms with E-state index < -0.39 is 0 Å². The summed E-state index contributed by atoms with van der Waals surface area (Å²) in [5, 5.41) is 12.8. The molecular formula is C23H23Cl2N5O. The van der Waals surface area contributed by atoms with Gasteiger partial charge in [0, 0.05) is 42.5 Å². The van der Waals surface area contributed by atoms with Crippen LogP contribution in [0.4, 0.5) is 16.3 Å². The van der Waals surface area contributed by atoms with Crippen molar-refractivity contribution in [1.29, 1.82) is 0 Å². The van der Waals surface area contributed by atoms with Crippen molar-refractivity contribution >= 4 is 40.7 Å². The summed E-state index contributed by atoms with van der Waals surface area (Å²) in [4.78, 5) is 16.6. The van der Waals surface area contributed by atoms with Gasteiger partial charge >= 0.3 is 6.03 Å². The topological polar surface area (TPSA) is 61.4 Å². The summed E-state index contributed by atoms with van der Waals surface area (Å²) in [7, 11) is 0. The van der Waals surface area contributed by atoms with Gasteiger partial charge in [-0.2, -0.15) is 0 Å². The third-order valence-electron chi connectivity index (χ3n) is 5.38. The Kier molecular flexibility index (Phi) is 6.30. The van der Waals surface area contributed by atoms with Crippen molar-refractivity contribution < 1.29 is 4.79 Å². The fraction of sp³-hybridized carbons (Fsp3) is 0.261. The van der Waals surface area contributed by atoms with Crippen LogP contribution in [0.25, 0.3) is 11.3 Å². The SMILES string of the molecule is Cc1ccc(C)c(NC(=O)N2CCN(c3ccc(-c4ccc(Cl)cc4Cl)nn3)CC2)c1. The highest BCUT2D eigenvalue weighted by Crippen LogP contribution is 2.29. The third-order valence-corrected chi connectivity index (χ3v) is 5.93. The van der Waals surface area contributed by atoms with E-state index in [-0.39, 0.29) is 6.03 Å². The fourth-order valence-corrected chi connectivity index (χ4v) is 4.04. The van der Waals surface area contributed by atoms with E-state index >= 15 is 0 Å². The predicted octanol–water partition coefficient (Wildman–Crippen LogP) is 5.42. The minimum Gasteiger partial charge on any atom is -0.352 e. The summed E-state index contributed by atoms with van der Waals surface area (Å²) < 4.78 is 0. The zero-order valence-corrected chi connectivity index (χ0v) is 18.9. The smallest absolute Gasteiger partial charge is 0.321 e. The van der Waals surface area contributed by atoms with Gasteiger partial charge in [-0.05, 0) is 61.4 Å². The molecular weight excluding hydrogens is 433 g/mol. The van der Waals surface area contributed by atoms with Crippen LogP contribution in [-0.4, -0.2) is 47.3 Å². The number of nitrogens with one attached hydrogen (secondary N) is 1.